The molecular formula is C23H30N4O3. The first-order valence-electron chi connectivity index (χ1n) is 10.5. The third-order valence-electron chi connectivity index (χ3n) is 5.45. The van der Waals surface area contributed by atoms with E-state index in [9.17, 15) is 9.59 Å². The van der Waals surface area contributed by atoms with E-state index < -0.39 is 0 Å². The highest BCUT2D eigenvalue weighted by molar-refractivity contribution is 5.94. The quantitative estimate of drug-likeness (QED) is 0.708. The van der Waals surface area contributed by atoms with E-state index >= 15 is 0 Å². The Morgan fingerprint density at radius 1 is 1.07 bits per heavy atom. The van der Waals surface area contributed by atoms with E-state index in [0.29, 0.717) is 12.2 Å². The van der Waals surface area contributed by atoms with Gasteiger partial charge in [-0.15, -0.1) is 0 Å². The maximum Gasteiger partial charge on any atom is 0.339 e. The summed E-state index contributed by atoms with van der Waals surface area (Å²) in [7, 11) is 0. The fraction of sp³-hybridized carbons (Fsp3) is 0.435. The van der Waals surface area contributed by atoms with Crippen molar-refractivity contribution in [1.82, 2.24) is 9.88 Å². The molecule has 1 aromatic carbocycles. The molecule has 1 aliphatic rings. The van der Waals surface area contributed by atoms with Crippen LogP contribution in [0.25, 0.3) is 0 Å². The van der Waals surface area contributed by atoms with Crippen LogP contribution < -0.4 is 10.2 Å². The number of ether oxygens (including phenoxy) is 1. The van der Waals surface area contributed by atoms with Crippen molar-refractivity contribution in [3.8, 4) is 0 Å². The summed E-state index contributed by atoms with van der Waals surface area (Å²) in [6, 6.07) is 11.4. The van der Waals surface area contributed by atoms with Crippen molar-refractivity contribution < 1.29 is 14.3 Å². The SMILES string of the molecule is CCOC(=O)c1ccc(N2CCN(C(C)C(=O)Nc3ccc(CC)cc3)CC2)nc1. The smallest absolute Gasteiger partial charge is 0.339 e. The lowest BCUT2D eigenvalue weighted by Gasteiger charge is -2.38. The van der Waals surface area contributed by atoms with E-state index in [2.05, 4.69) is 27.0 Å². The molecule has 30 heavy (non-hydrogen) atoms. The van der Waals surface area contributed by atoms with Crippen molar-refractivity contribution in [2.75, 3.05) is 43.0 Å². The van der Waals surface area contributed by atoms with E-state index in [4.69, 9.17) is 4.74 Å². The number of carbonyl (C=O) groups excluding carboxylic acids is 2. The van der Waals surface area contributed by atoms with Crippen molar-refractivity contribution in [3.63, 3.8) is 0 Å². The normalized spacial score (nSPS) is 15.5. The van der Waals surface area contributed by atoms with Gasteiger partial charge in [-0.25, -0.2) is 9.78 Å². The molecule has 0 radical (unpaired) electrons. The summed E-state index contributed by atoms with van der Waals surface area (Å²) in [4.78, 5) is 33.2. The molecule has 3 rings (SSSR count). The second-order valence-corrected chi connectivity index (χ2v) is 7.36. The Hall–Kier alpha value is -2.93. The number of hydrogen-bond donors (Lipinski definition) is 1. The minimum Gasteiger partial charge on any atom is -0.462 e. The Bertz CT molecular complexity index is 844. The number of rotatable bonds is 7. The van der Waals surface area contributed by atoms with Gasteiger partial charge >= 0.3 is 5.97 Å². The maximum absolute atomic E-state index is 12.6. The number of anilines is 2. The van der Waals surface area contributed by atoms with Crippen LogP contribution >= 0.6 is 0 Å². The number of carbonyl (C=O) groups is 2. The summed E-state index contributed by atoms with van der Waals surface area (Å²) in [5, 5.41) is 3.01. The highest BCUT2D eigenvalue weighted by atomic mass is 16.5. The highest BCUT2D eigenvalue weighted by Gasteiger charge is 2.26. The number of nitrogens with zero attached hydrogens (tertiary/aromatic N) is 3. The summed E-state index contributed by atoms with van der Waals surface area (Å²) in [6.07, 6.45) is 2.54. The van der Waals surface area contributed by atoms with Crippen LogP contribution in [-0.4, -0.2) is 60.6 Å². The van der Waals surface area contributed by atoms with Gasteiger partial charge in [0.2, 0.25) is 5.91 Å². The molecule has 1 fully saturated rings. The predicted molar refractivity (Wildman–Crippen MR) is 118 cm³/mol. The largest absolute Gasteiger partial charge is 0.462 e. The number of amides is 1. The average molecular weight is 411 g/mol. The second-order valence-electron chi connectivity index (χ2n) is 7.36. The van der Waals surface area contributed by atoms with Crippen LogP contribution in [0.4, 0.5) is 11.5 Å². The first-order chi connectivity index (χ1) is 14.5. The third kappa shape index (κ3) is 5.36. The molecule has 1 aromatic heterocycles. The molecule has 1 amide bonds. The first-order valence-corrected chi connectivity index (χ1v) is 10.5. The monoisotopic (exact) mass is 410 g/mol. The summed E-state index contributed by atoms with van der Waals surface area (Å²) in [5.74, 6) is 0.478. The lowest BCUT2D eigenvalue weighted by molar-refractivity contribution is -0.120. The van der Waals surface area contributed by atoms with Gasteiger partial charge in [0.25, 0.3) is 0 Å². The van der Waals surface area contributed by atoms with Gasteiger partial charge in [0, 0.05) is 38.1 Å². The summed E-state index contributed by atoms with van der Waals surface area (Å²) in [5.41, 5.74) is 2.53. The highest BCUT2D eigenvalue weighted by Crippen LogP contribution is 2.17. The number of esters is 1. The van der Waals surface area contributed by atoms with Crippen LogP contribution in [0, 0.1) is 0 Å². The van der Waals surface area contributed by atoms with Gasteiger partial charge in [-0.05, 0) is 50.1 Å². The van der Waals surface area contributed by atoms with Crippen molar-refractivity contribution in [1.29, 1.82) is 0 Å². The molecule has 2 heterocycles. The molecule has 1 unspecified atom stereocenters. The summed E-state index contributed by atoms with van der Waals surface area (Å²) >= 11 is 0. The molecule has 2 aromatic rings. The van der Waals surface area contributed by atoms with Crippen LogP contribution in [0.3, 0.4) is 0 Å². The summed E-state index contributed by atoms with van der Waals surface area (Å²) in [6.45, 7) is 9.26. The number of benzene rings is 1. The van der Waals surface area contributed by atoms with E-state index in [1.165, 1.54) is 5.56 Å². The number of hydrogen-bond acceptors (Lipinski definition) is 6. The fourth-order valence-corrected chi connectivity index (χ4v) is 3.48. The zero-order valence-electron chi connectivity index (χ0n) is 17.9. The van der Waals surface area contributed by atoms with Crippen LogP contribution in [0.2, 0.25) is 0 Å². The molecule has 1 saturated heterocycles. The lowest BCUT2D eigenvalue weighted by Crippen LogP contribution is -2.53. The van der Waals surface area contributed by atoms with Gasteiger partial charge in [-0.1, -0.05) is 19.1 Å². The number of aryl methyl sites for hydroxylation is 1. The molecule has 7 nitrogen and oxygen atoms in total. The van der Waals surface area contributed by atoms with Gasteiger partial charge in [0.1, 0.15) is 5.82 Å². The second kappa shape index (κ2) is 10.2. The molecular weight excluding hydrogens is 380 g/mol. The topological polar surface area (TPSA) is 74.8 Å². The molecule has 1 aliphatic heterocycles. The molecule has 0 saturated carbocycles. The third-order valence-corrected chi connectivity index (χ3v) is 5.45. The first kappa shape index (κ1) is 21.8. The number of pyridine rings is 1. The predicted octanol–water partition coefficient (Wildman–Crippen LogP) is 2.97. The molecule has 0 spiro atoms. The van der Waals surface area contributed by atoms with Crippen LogP contribution in [0.15, 0.2) is 42.6 Å². The van der Waals surface area contributed by atoms with Crippen LogP contribution in [0.5, 0.6) is 0 Å². The molecule has 7 heteroatoms. The van der Waals surface area contributed by atoms with Crippen LogP contribution in [0.1, 0.15) is 36.7 Å². The molecule has 0 bridgehead atoms. The van der Waals surface area contributed by atoms with Gasteiger partial charge in [0.15, 0.2) is 0 Å². The number of nitrogens with one attached hydrogen (secondary N) is 1. The maximum atomic E-state index is 12.6. The summed E-state index contributed by atoms with van der Waals surface area (Å²) < 4.78 is 4.99. The lowest BCUT2D eigenvalue weighted by atomic mass is 10.1. The fourth-order valence-electron chi connectivity index (χ4n) is 3.48. The molecule has 1 N–H and O–H groups in total. The Morgan fingerprint density at radius 3 is 2.33 bits per heavy atom. The van der Waals surface area contributed by atoms with Crippen LogP contribution in [-0.2, 0) is 16.0 Å². The Morgan fingerprint density at radius 2 is 1.77 bits per heavy atom. The molecule has 0 aliphatic carbocycles. The number of piperazine rings is 1. The van der Waals surface area contributed by atoms with Gasteiger partial charge in [-0.2, -0.15) is 0 Å². The number of aromatic nitrogens is 1. The van der Waals surface area contributed by atoms with Crippen molar-refractivity contribution in [2.45, 2.75) is 33.2 Å². The van der Waals surface area contributed by atoms with E-state index in [1.807, 2.05) is 37.3 Å². The van der Waals surface area contributed by atoms with Crippen molar-refractivity contribution in [3.05, 3.63) is 53.7 Å². The Labute approximate surface area is 178 Å². The average Bonchev–Trinajstić information content (AvgIpc) is 2.79. The van der Waals surface area contributed by atoms with Crippen molar-refractivity contribution in [2.24, 2.45) is 0 Å². The van der Waals surface area contributed by atoms with Crippen molar-refractivity contribution >= 4 is 23.4 Å². The van der Waals surface area contributed by atoms with E-state index in [0.717, 1.165) is 44.1 Å². The zero-order valence-corrected chi connectivity index (χ0v) is 17.9. The van der Waals surface area contributed by atoms with E-state index in [-0.39, 0.29) is 17.9 Å². The Kier molecular flexibility index (Phi) is 7.41. The molecule has 1 atom stereocenters. The van der Waals surface area contributed by atoms with E-state index in [1.54, 1.807) is 19.2 Å². The standard InChI is InChI=1S/C23H30N4O3/c1-4-18-6-9-20(10-7-18)25-22(28)17(3)26-12-14-27(15-13-26)21-11-8-19(16-24-21)23(29)30-5-2/h6-11,16-17H,4-5,12-15H2,1-3H3,(H,25,28). The molecule has 160 valence electrons. The van der Waals surface area contributed by atoms with Gasteiger partial charge < -0.3 is 15.0 Å². The zero-order chi connectivity index (χ0) is 21.5. The van der Waals surface area contributed by atoms with Gasteiger partial charge in [-0.3, -0.25) is 9.69 Å². The minimum atomic E-state index is -0.356. The minimum absolute atomic E-state index is 0.00427. The van der Waals surface area contributed by atoms with Gasteiger partial charge in [0.05, 0.1) is 18.2 Å². The Balaban J connectivity index is 1.51.